The monoisotopic (exact) mass is 216 g/mol. The van der Waals surface area contributed by atoms with E-state index in [-0.39, 0.29) is 0 Å². The van der Waals surface area contributed by atoms with Crippen molar-refractivity contribution in [3.05, 3.63) is 12.7 Å². The number of hydrogen-bond acceptors (Lipinski definition) is 4. The maximum Gasteiger partial charge on any atom is 0.360 e. The van der Waals surface area contributed by atoms with E-state index in [9.17, 15) is 14.4 Å². The lowest BCUT2D eigenvalue weighted by Crippen LogP contribution is -2.54. The van der Waals surface area contributed by atoms with Gasteiger partial charge in [-0.25, -0.2) is 14.4 Å². The first-order chi connectivity index (χ1) is 6.78. The van der Waals surface area contributed by atoms with E-state index in [1.807, 2.05) is 0 Å². The van der Waals surface area contributed by atoms with Crippen molar-refractivity contribution >= 4 is 17.9 Å². The van der Waals surface area contributed by atoms with Crippen molar-refractivity contribution in [2.75, 3.05) is 0 Å². The minimum Gasteiger partial charge on any atom is -0.478 e. The highest BCUT2D eigenvalue weighted by Gasteiger charge is 2.53. The molecule has 6 nitrogen and oxygen atoms in total. The molecule has 0 heterocycles. The standard InChI is InChI=1S/C9H12O6/c1-4-6(10)15-9(5(2)3,7(11)12)8(13)14/h4-5H,1H2,2-3H3,(H,11,12)(H,13,14). The summed E-state index contributed by atoms with van der Waals surface area (Å²) in [4.78, 5) is 32.6. The number of hydrogen-bond donors (Lipinski definition) is 2. The number of esters is 1. The predicted molar refractivity (Wildman–Crippen MR) is 49.1 cm³/mol. The van der Waals surface area contributed by atoms with Crippen LogP contribution in [0, 0.1) is 5.92 Å². The van der Waals surface area contributed by atoms with Crippen LogP contribution in [0.2, 0.25) is 0 Å². The van der Waals surface area contributed by atoms with Gasteiger partial charge in [-0.3, -0.25) is 0 Å². The summed E-state index contributed by atoms with van der Waals surface area (Å²) < 4.78 is 4.42. The molecule has 0 aliphatic carbocycles. The van der Waals surface area contributed by atoms with E-state index in [1.165, 1.54) is 13.8 Å². The van der Waals surface area contributed by atoms with Crippen LogP contribution in [0.15, 0.2) is 12.7 Å². The van der Waals surface area contributed by atoms with E-state index < -0.39 is 29.4 Å². The van der Waals surface area contributed by atoms with Gasteiger partial charge in [0.1, 0.15) is 0 Å². The van der Waals surface area contributed by atoms with E-state index in [4.69, 9.17) is 10.2 Å². The lowest BCUT2D eigenvalue weighted by atomic mass is 9.90. The third-order valence-corrected chi connectivity index (χ3v) is 1.88. The average molecular weight is 216 g/mol. The van der Waals surface area contributed by atoms with Gasteiger partial charge in [0.05, 0.1) is 0 Å². The lowest BCUT2D eigenvalue weighted by Gasteiger charge is -2.27. The van der Waals surface area contributed by atoms with Crippen LogP contribution < -0.4 is 0 Å². The molecular weight excluding hydrogens is 204 g/mol. The Morgan fingerprint density at radius 3 is 1.87 bits per heavy atom. The van der Waals surface area contributed by atoms with Gasteiger partial charge in [0.25, 0.3) is 0 Å². The van der Waals surface area contributed by atoms with Crippen molar-refractivity contribution in [2.45, 2.75) is 19.4 Å². The Hall–Kier alpha value is -1.85. The molecule has 0 amide bonds. The molecular formula is C9H12O6. The van der Waals surface area contributed by atoms with E-state index in [1.54, 1.807) is 0 Å². The summed E-state index contributed by atoms with van der Waals surface area (Å²) in [7, 11) is 0. The van der Waals surface area contributed by atoms with E-state index >= 15 is 0 Å². The van der Waals surface area contributed by atoms with Crippen LogP contribution in [0.5, 0.6) is 0 Å². The Kier molecular flexibility index (Phi) is 4.02. The highest BCUT2D eigenvalue weighted by molar-refractivity contribution is 6.04. The van der Waals surface area contributed by atoms with Gasteiger partial charge < -0.3 is 14.9 Å². The maximum absolute atomic E-state index is 10.9. The molecule has 0 fully saturated rings. The van der Waals surface area contributed by atoms with Crippen LogP contribution in [0.4, 0.5) is 0 Å². The molecule has 6 heteroatoms. The SMILES string of the molecule is C=CC(=O)OC(C(=O)O)(C(=O)O)C(C)C. The fraction of sp³-hybridized carbons (Fsp3) is 0.444. The molecule has 0 unspecified atom stereocenters. The Labute approximate surface area is 86.2 Å². The minimum atomic E-state index is -2.56. The highest BCUT2D eigenvalue weighted by Crippen LogP contribution is 2.23. The zero-order chi connectivity index (χ0) is 12.2. The number of ether oxygens (including phenoxy) is 1. The van der Waals surface area contributed by atoms with Crippen molar-refractivity contribution in [2.24, 2.45) is 5.92 Å². The van der Waals surface area contributed by atoms with Gasteiger partial charge in [0.15, 0.2) is 0 Å². The highest BCUT2D eigenvalue weighted by atomic mass is 16.6. The summed E-state index contributed by atoms with van der Waals surface area (Å²) in [5.74, 6) is -5.44. The number of carbonyl (C=O) groups is 3. The minimum absolute atomic E-state index is 0.711. The topological polar surface area (TPSA) is 101 Å². The zero-order valence-corrected chi connectivity index (χ0v) is 8.39. The van der Waals surface area contributed by atoms with Crippen molar-refractivity contribution in [3.63, 3.8) is 0 Å². The quantitative estimate of drug-likeness (QED) is 0.389. The van der Waals surface area contributed by atoms with Gasteiger partial charge in [0, 0.05) is 12.0 Å². The van der Waals surface area contributed by atoms with Gasteiger partial charge >= 0.3 is 23.5 Å². The number of carboxylic acids is 2. The summed E-state index contributed by atoms with van der Waals surface area (Å²) in [5.41, 5.74) is -2.56. The Morgan fingerprint density at radius 2 is 1.67 bits per heavy atom. The largest absolute Gasteiger partial charge is 0.478 e. The molecule has 2 N–H and O–H groups in total. The lowest BCUT2D eigenvalue weighted by molar-refractivity contribution is -0.194. The molecule has 0 aromatic carbocycles. The zero-order valence-electron chi connectivity index (χ0n) is 8.39. The summed E-state index contributed by atoms with van der Waals surface area (Å²) >= 11 is 0. The second-order valence-corrected chi connectivity index (χ2v) is 3.13. The third-order valence-electron chi connectivity index (χ3n) is 1.88. The normalized spacial score (nSPS) is 10.9. The fourth-order valence-corrected chi connectivity index (χ4v) is 0.991. The summed E-state index contributed by atoms with van der Waals surface area (Å²) in [6, 6.07) is 0. The molecule has 0 saturated carbocycles. The van der Waals surface area contributed by atoms with Crippen LogP contribution in [-0.2, 0) is 19.1 Å². The molecule has 0 radical (unpaired) electrons. The van der Waals surface area contributed by atoms with Crippen LogP contribution in [-0.4, -0.2) is 33.7 Å². The van der Waals surface area contributed by atoms with Crippen molar-refractivity contribution in [1.29, 1.82) is 0 Å². The average Bonchev–Trinajstić information content (AvgIpc) is 2.11. The molecule has 15 heavy (non-hydrogen) atoms. The van der Waals surface area contributed by atoms with Gasteiger partial charge in [-0.2, -0.15) is 0 Å². The molecule has 0 bridgehead atoms. The third kappa shape index (κ3) is 2.34. The molecule has 0 aromatic rings. The number of rotatable bonds is 5. The molecule has 0 rings (SSSR count). The number of carbonyl (C=O) groups excluding carboxylic acids is 1. The predicted octanol–water partition coefficient (Wildman–Crippen LogP) is 0.280. The Bertz CT molecular complexity index is 290. The van der Waals surface area contributed by atoms with Gasteiger partial charge in [0.2, 0.25) is 0 Å². The van der Waals surface area contributed by atoms with Crippen LogP contribution in [0.25, 0.3) is 0 Å². The van der Waals surface area contributed by atoms with E-state index in [0.29, 0.717) is 6.08 Å². The first-order valence-corrected chi connectivity index (χ1v) is 4.11. The van der Waals surface area contributed by atoms with Crippen molar-refractivity contribution < 1.29 is 29.3 Å². The molecule has 0 aliphatic heterocycles. The van der Waals surface area contributed by atoms with Crippen LogP contribution in [0.3, 0.4) is 0 Å². The first-order valence-electron chi connectivity index (χ1n) is 4.11. The van der Waals surface area contributed by atoms with E-state index in [0.717, 1.165) is 0 Å². The van der Waals surface area contributed by atoms with Gasteiger partial charge in [-0.1, -0.05) is 20.4 Å². The molecule has 84 valence electrons. The first kappa shape index (κ1) is 13.2. The molecule has 0 aliphatic rings. The Morgan fingerprint density at radius 1 is 1.27 bits per heavy atom. The fourth-order valence-electron chi connectivity index (χ4n) is 0.991. The summed E-state index contributed by atoms with van der Waals surface area (Å²) in [5, 5.41) is 17.6. The smallest absolute Gasteiger partial charge is 0.360 e. The number of aliphatic carboxylic acids is 2. The second-order valence-electron chi connectivity index (χ2n) is 3.13. The van der Waals surface area contributed by atoms with Crippen molar-refractivity contribution in [1.82, 2.24) is 0 Å². The Balaban J connectivity index is 5.33. The van der Waals surface area contributed by atoms with Gasteiger partial charge in [-0.15, -0.1) is 0 Å². The van der Waals surface area contributed by atoms with Crippen molar-refractivity contribution in [3.8, 4) is 0 Å². The molecule has 0 atom stereocenters. The molecule has 0 saturated heterocycles. The maximum atomic E-state index is 10.9. The number of carboxylic acid groups (broad SMARTS) is 2. The summed E-state index contributed by atoms with van der Waals surface area (Å²) in [6.45, 7) is 5.73. The molecule has 0 aromatic heterocycles. The molecule has 0 spiro atoms. The van der Waals surface area contributed by atoms with E-state index in [2.05, 4.69) is 11.3 Å². The van der Waals surface area contributed by atoms with Crippen LogP contribution in [0.1, 0.15) is 13.8 Å². The second kappa shape index (κ2) is 4.59. The summed E-state index contributed by atoms with van der Waals surface area (Å²) in [6.07, 6.45) is 0.711. The van der Waals surface area contributed by atoms with Gasteiger partial charge in [-0.05, 0) is 0 Å². The van der Waals surface area contributed by atoms with Crippen LogP contribution >= 0.6 is 0 Å².